The summed E-state index contributed by atoms with van der Waals surface area (Å²) in [5.41, 5.74) is 3.51. The third kappa shape index (κ3) is 5.64. The summed E-state index contributed by atoms with van der Waals surface area (Å²) in [6.45, 7) is 3.63. The molecule has 28 heavy (non-hydrogen) atoms. The van der Waals surface area contributed by atoms with E-state index < -0.39 is 0 Å². The number of nitrogens with one attached hydrogen (secondary N) is 2. The molecular weight excluding hydrogens is 392 g/mol. The Morgan fingerprint density at radius 3 is 2.32 bits per heavy atom. The predicted molar refractivity (Wildman–Crippen MR) is 115 cm³/mol. The maximum atomic E-state index is 12.1. The Morgan fingerprint density at radius 1 is 1.00 bits per heavy atom. The number of hydrogen-bond acceptors (Lipinski definition) is 7. The smallest absolute Gasteiger partial charge is 0.234 e. The minimum atomic E-state index is -0.138. The Bertz CT molecular complexity index is 953. The fourth-order valence-electron chi connectivity index (χ4n) is 2.38. The van der Waals surface area contributed by atoms with Gasteiger partial charge in [0.05, 0.1) is 5.75 Å². The molecule has 0 aliphatic rings. The lowest BCUT2D eigenvalue weighted by molar-refractivity contribution is -0.113. The zero-order chi connectivity index (χ0) is 19.9. The molecule has 0 radical (unpaired) electrons. The van der Waals surface area contributed by atoms with Gasteiger partial charge in [0.1, 0.15) is 0 Å². The van der Waals surface area contributed by atoms with E-state index in [1.165, 1.54) is 35.6 Å². The van der Waals surface area contributed by atoms with Gasteiger partial charge in [-0.2, -0.15) is 0 Å². The number of nitrogens with zero attached hydrogens (tertiary/aromatic N) is 2. The molecule has 0 unspecified atom stereocenters. The van der Waals surface area contributed by atoms with E-state index in [1.807, 2.05) is 12.1 Å². The van der Waals surface area contributed by atoms with Crippen molar-refractivity contribution in [1.29, 1.82) is 0 Å². The van der Waals surface area contributed by atoms with E-state index in [0.717, 1.165) is 16.4 Å². The number of rotatable bonds is 8. The highest BCUT2D eigenvalue weighted by Gasteiger charge is 2.09. The standard InChI is InChI=1S/C20H20N4O2S2/c1-3-14-4-8-17(9-5-14)22-19-23-24-20(28-19)27-12-18(26)21-16-10-6-15(7-11-16)13(2)25/h4-11H,3,12H2,1-2H3,(H,21,26)(H,22,23). The van der Waals surface area contributed by atoms with Crippen molar-refractivity contribution in [3.05, 3.63) is 59.7 Å². The van der Waals surface area contributed by atoms with Gasteiger partial charge in [0.2, 0.25) is 11.0 Å². The average Bonchev–Trinajstić information content (AvgIpc) is 3.15. The van der Waals surface area contributed by atoms with Crippen molar-refractivity contribution in [2.75, 3.05) is 16.4 Å². The quantitative estimate of drug-likeness (QED) is 0.409. The predicted octanol–water partition coefficient (Wildman–Crippen LogP) is 4.78. The molecule has 1 aromatic heterocycles. The van der Waals surface area contributed by atoms with Gasteiger partial charge >= 0.3 is 0 Å². The summed E-state index contributed by atoms with van der Waals surface area (Å²) >= 11 is 2.74. The maximum absolute atomic E-state index is 12.1. The Labute approximate surface area is 171 Å². The van der Waals surface area contributed by atoms with Gasteiger partial charge in [-0.25, -0.2) is 0 Å². The number of carbonyl (C=O) groups is 2. The lowest BCUT2D eigenvalue weighted by Crippen LogP contribution is -2.14. The van der Waals surface area contributed by atoms with Gasteiger partial charge in [-0.05, 0) is 55.3 Å². The van der Waals surface area contributed by atoms with Crippen LogP contribution in [0.4, 0.5) is 16.5 Å². The fourth-order valence-corrected chi connectivity index (χ4v) is 3.95. The van der Waals surface area contributed by atoms with Gasteiger partial charge in [-0.15, -0.1) is 10.2 Å². The van der Waals surface area contributed by atoms with E-state index >= 15 is 0 Å². The molecule has 1 heterocycles. The zero-order valence-corrected chi connectivity index (χ0v) is 17.2. The van der Waals surface area contributed by atoms with Crippen LogP contribution in [0.5, 0.6) is 0 Å². The number of benzene rings is 2. The normalized spacial score (nSPS) is 10.5. The summed E-state index contributed by atoms with van der Waals surface area (Å²) in [6, 6.07) is 15.0. The molecule has 6 nitrogen and oxygen atoms in total. The van der Waals surface area contributed by atoms with E-state index in [1.54, 1.807) is 24.3 Å². The van der Waals surface area contributed by atoms with Crippen molar-refractivity contribution < 1.29 is 9.59 Å². The molecular formula is C20H20N4O2S2. The Balaban J connectivity index is 1.49. The van der Waals surface area contributed by atoms with Crippen LogP contribution < -0.4 is 10.6 Å². The molecule has 3 rings (SSSR count). The van der Waals surface area contributed by atoms with Crippen molar-refractivity contribution in [2.24, 2.45) is 0 Å². The SMILES string of the molecule is CCc1ccc(Nc2nnc(SCC(=O)Nc3ccc(C(C)=O)cc3)s2)cc1. The van der Waals surface area contributed by atoms with Crippen molar-refractivity contribution in [3.63, 3.8) is 0 Å². The molecule has 0 fully saturated rings. The summed E-state index contributed by atoms with van der Waals surface area (Å²) < 4.78 is 0.717. The third-order valence-electron chi connectivity index (χ3n) is 3.92. The topological polar surface area (TPSA) is 84.0 Å². The molecule has 0 bridgehead atoms. The molecule has 144 valence electrons. The highest BCUT2D eigenvalue weighted by molar-refractivity contribution is 8.01. The first-order valence-corrected chi connectivity index (χ1v) is 10.6. The molecule has 1 amide bonds. The van der Waals surface area contributed by atoms with Crippen LogP contribution in [-0.4, -0.2) is 27.6 Å². The molecule has 0 saturated heterocycles. The van der Waals surface area contributed by atoms with Crippen LogP contribution in [0.2, 0.25) is 0 Å². The largest absolute Gasteiger partial charge is 0.330 e. The lowest BCUT2D eigenvalue weighted by Gasteiger charge is -2.04. The van der Waals surface area contributed by atoms with Crippen LogP contribution in [0.3, 0.4) is 0 Å². The monoisotopic (exact) mass is 412 g/mol. The Hall–Kier alpha value is -2.71. The summed E-state index contributed by atoms with van der Waals surface area (Å²) in [4.78, 5) is 23.4. The number of aryl methyl sites for hydroxylation is 1. The van der Waals surface area contributed by atoms with Gasteiger partial charge in [-0.3, -0.25) is 9.59 Å². The van der Waals surface area contributed by atoms with Crippen molar-refractivity contribution in [3.8, 4) is 0 Å². The second-order valence-electron chi connectivity index (χ2n) is 6.02. The number of anilines is 3. The first-order valence-electron chi connectivity index (χ1n) is 8.76. The van der Waals surface area contributed by atoms with Crippen LogP contribution >= 0.6 is 23.1 Å². The maximum Gasteiger partial charge on any atom is 0.234 e. The van der Waals surface area contributed by atoms with Crippen LogP contribution in [0.1, 0.15) is 29.8 Å². The Kier molecular flexibility index (Phi) is 6.78. The number of hydrogen-bond donors (Lipinski definition) is 2. The highest BCUT2D eigenvalue weighted by Crippen LogP contribution is 2.28. The zero-order valence-electron chi connectivity index (χ0n) is 15.6. The Morgan fingerprint density at radius 2 is 1.68 bits per heavy atom. The first-order chi connectivity index (χ1) is 13.5. The number of thioether (sulfide) groups is 1. The van der Waals surface area contributed by atoms with E-state index in [4.69, 9.17) is 0 Å². The lowest BCUT2D eigenvalue weighted by atomic mass is 10.1. The van der Waals surface area contributed by atoms with E-state index in [-0.39, 0.29) is 17.4 Å². The molecule has 0 aliphatic carbocycles. The van der Waals surface area contributed by atoms with Crippen LogP contribution in [-0.2, 0) is 11.2 Å². The molecule has 0 atom stereocenters. The van der Waals surface area contributed by atoms with Crippen LogP contribution in [0.15, 0.2) is 52.9 Å². The number of Topliss-reactive ketones (excluding diaryl/α,β-unsaturated/α-hetero) is 1. The molecule has 2 N–H and O–H groups in total. The minimum absolute atomic E-state index is 0.00424. The molecule has 0 spiro atoms. The van der Waals surface area contributed by atoms with Gasteiger partial charge in [-0.1, -0.05) is 42.2 Å². The fraction of sp³-hybridized carbons (Fsp3) is 0.200. The van der Waals surface area contributed by atoms with E-state index in [0.29, 0.717) is 16.4 Å². The first kappa shape index (κ1) is 20.0. The highest BCUT2D eigenvalue weighted by atomic mass is 32.2. The second kappa shape index (κ2) is 9.48. The molecule has 8 heteroatoms. The van der Waals surface area contributed by atoms with Crippen molar-refractivity contribution in [2.45, 2.75) is 24.6 Å². The van der Waals surface area contributed by atoms with Gasteiger partial charge in [0.15, 0.2) is 10.1 Å². The van der Waals surface area contributed by atoms with Crippen molar-refractivity contribution >= 4 is 51.3 Å². The molecule has 3 aromatic rings. The molecule has 0 aliphatic heterocycles. The van der Waals surface area contributed by atoms with Crippen LogP contribution in [0, 0.1) is 0 Å². The summed E-state index contributed by atoms with van der Waals surface area (Å²) in [5, 5.41) is 14.9. The number of amides is 1. The summed E-state index contributed by atoms with van der Waals surface area (Å²) in [5.74, 6) is 0.0877. The number of aromatic nitrogens is 2. The average molecular weight is 413 g/mol. The number of ketones is 1. The molecule has 2 aromatic carbocycles. The minimum Gasteiger partial charge on any atom is -0.330 e. The van der Waals surface area contributed by atoms with Crippen LogP contribution in [0.25, 0.3) is 0 Å². The second-order valence-corrected chi connectivity index (χ2v) is 8.22. The van der Waals surface area contributed by atoms with Gasteiger partial charge in [0.25, 0.3) is 0 Å². The molecule has 0 saturated carbocycles. The van der Waals surface area contributed by atoms with E-state index in [2.05, 4.69) is 39.9 Å². The van der Waals surface area contributed by atoms with E-state index in [9.17, 15) is 9.59 Å². The van der Waals surface area contributed by atoms with Gasteiger partial charge < -0.3 is 10.6 Å². The summed E-state index contributed by atoms with van der Waals surface area (Å²) in [6.07, 6.45) is 1.00. The number of carbonyl (C=O) groups excluding carboxylic acids is 2. The van der Waals surface area contributed by atoms with Gasteiger partial charge in [0, 0.05) is 16.9 Å². The van der Waals surface area contributed by atoms with Crippen molar-refractivity contribution in [1.82, 2.24) is 10.2 Å². The summed E-state index contributed by atoms with van der Waals surface area (Å²) in [7, 11) is 0. The third-order valence-corrected chi connectivity index (χ3v) is 5.89.